The fourth-order valence-corrected chi connectivity index (χ4v) is 2.81. The van der Waals surface area contributed by atoms with Crippen LogP contribution in [0.4, 0.5) is 14.5 Å². The van der Waals surface area contributed by atoms with Crippen LogP contribution in [0.25, 0.3) is 0 Å². The van der Waals surface area contributed by atoms with Crippen LogP contribution in [0, 0.1) is 5.92 Å². The van der Waals surface area contributed by atoms with Crippen molar-refractivity contribution in [2.75, 3.05) is 18.4 Å². The van der Waals surface area contributed by atoms with Gasteiger partial charge in [-0.3, -0.25) is 9.59 Å². The van der Waals surface area contributed by atoms with Crippen LogP contribution >= 0.6 is 11.8 Å². The van der Waals surface area contributed by atoms with Gasteiger partial charge < -0.3 is 10.2 Å². The molecule has 4 nitrogen and oxygen atoms in total. The molecule has 1 N–H and O–H groups in total. The van der Waals surface area contributed by atoms with E-state index in [4.69, 9.17) is 0 Å². The first-order valence-electron chi connectivity index (χ1n) is 6.63. The molecule has 0 aromatic heterocycles. The van der Waals surface area contributed by atoms with Crippen molar-refractivity contribution in [2.24, 2.45) is 5.92 Å². The maximum absolute atomic E-state index is 12.3. The highest BCUT2D eigenvalue weighted by atomic mass is 32.2. The first-order chi connectivity index (χ1) is 9.99. The molecule has 0 saturated carbocycles. The van der Waals surface area contributed by atoms with Crippen LogP contribution in [0.15, 0.2) is 29.2 Å². The SMILES string of the molecule is CCN1CC(C(=O)Nc2cccc(SC(F)F)c2)CC1=O. The molecule has 2 amide bonds. The molecule has 1 unspecified atom stereocenters. The molecule has 1 aromatic carbocycles. The molecule has 0 spiro atoms. The van der Waals surface area contributed by atoms with Gasteiger partial charge >= 0.3 is 0 Å². The van der Waals surface area contributed by atoms with Crippen molar-refractivity contribution in [1.82, 2.24) is 4.90 Å². The van der Waals surface area contributed by atoms with E-state index in [1.165, 1.54) is 6.07 Å². The molecule has 2 rings (SSSR count). The number of carbonyl (C=O) groups is 2. The number of thioether (sulfide) groups is 1. The van der Waals surface area contributed by atoms with Gasteiger partial charge in [-0.1, -0.05) is 17.8 Å². The van der Waals surface area contributed by atoms with Crippen LogP contribution in [-0.2, 0) is 9.59 Å². The van der Waals surface area contributed by atoms with E-state index in [9.17, 15) is 18.4 Å². The second-order valence-corrected chi connectivity index (χ2v) is 5.79. The van der Waals surface area contributed by atoms with Crippen molar-refractivity contribution in [3.05, 3.63) is 24.3 Å². The third kappa shape index (κ3) is 4.17. The van der Waals surface area contributed by atoms with Crippen LogP contribution in [0.5, 0.6) is 0 Å². The number of hydrogen-bond acceptors (Lipinski definition) is 3. The average Bonchev–Trinajstić information content (AvgIpc) is 2.79. The van der Waals surface area contributed by atoms with Crippen LogP contribution in [0.3, 0.4) is 0 Å². The predicted molar refractivity (Wildman–Crippen MR) is 77.3 cm³/mol. The Morgan fingerprint density at radius 2 is 2.29 bits per heavy atom. The quantitative estimate of drug-likeness (QED) is 0.850. The zero-order valence-electron chi connectivity index (χ0n) is 11.5. The molecule has 1 aromatic rings. The Balaban J connectivity index is 1.98. The second-order valence-electron chi connectivity index (χ2n) is 4.73. The van der Waals surface area contributed by atoms with E-state index in [-0.39, 0.29) is 24.2 Å². The van der Waals surface area contributed by atoms with Gasteiger partial charge in [0.2, 0.25) is 11.8 Å². The van der Waals surface area contributed by atoms with Gasteiger partial charge in [-0.2, -0.15) is 8.78 Å². The van der Waals surface area contributed by atoms with Crippen molar-refractivity contribution in [3.63, 3.8) is 0 Å². The van der Waals surface area contributed by atoms with Crippen LogP contribution in [-0.4, -0.2) is 35.6 Å². The van der Waals surface area contributed by atoms with E-state index in [1.807, 2.05) is 6.92 Å². The van der Waals surface area contributed by atoms with E-state index >= 15 is 0 Å². The van der Waals surface area contributed by atoms with E-state index < -0.39 is 5.76 Å². The molecule has 0 bridgehead atoms. The predicted octanol–water partition coefficient (Wildman–Crippen LogP) is 2.81. The van der Waals surface area contributed by atoms with Gasteiger partial charge in [0.05, 0.1) is 5.92 Å². The number of rotatable bonds is 5. The molecule has 0 radical (unpaired) electrons. The molecule has 1 aliphatic heterocycles. The van der Waals surface area contributed by atoms with E-state index in [0.717, 1.165) is 0 Å². The van der Waals surface area contributed by atoms with Crippen LogP contribution in [0.2, 0.25) is 0 Å². The summed E-state index contributed by atoms with van der Waals surface area (Å²) in [6, 6.07) is 6.31. The smallest absolute Gasteiger partial charge is 0.288 e. The summed E-state index contributed by atoms with van der Waals surface area (Å²) >= 11 is 0.429. The summed E-state index contributed by atoms with van der Waals surface area (Å²) in [6.07, 6.45) is 0.200. The minimum atomic E-state index is -2.50. The second kappa shape index (κ2) is 6.89. The van der Waals surface area contributed by atoms with Gasteiger partial charge in [-0.15, -0.1) is 0 Å². The van der Waals surface area contributed by atoms with Crippen molar-refractivity contribution < 1.29 is 18.4 Å². The van der Waals surface area contributed by atoms with Gasteiger partial charge in [0.25, 0.3) is 5.76 Å². The normalized spacial score (nSPS) is 18.4. The maximum atomic E-state index is 12.3. The monoisotopic (exact) mass is 314 g/mol. The highest BCUT2D eigenvalue weighted by Crippen LogP contribution is 2.27. The molecule has 0 aliphatic carbocycles. The number of nitrogens with zero attached hydrogens (tertiary/aromatic N) is 1. The fourth-order valence-electron chi connectivity index (χ4n) is 2.25. The van der Waals surface area contributed by atoms with Crippen LogP contribution in [0.1, 0.15) is 13.3 Å². The largest absolute Gasteiger partial charge is 0.342 e. The molecule has 114 valence electrons. The number of carbonyl (C=O) groups excluding carboxylic acids is 2. The Kier molecular flexibility index (Phi) is 5.17. The third-order valence-corrected chi connectivity index (χ3v) is 4.00. The summed E-state index contributed by atoms with van der Waals surface area (Å²) in [5.74, 6) is -3.16. The Morgan fingerprint density at radius 3 is 2.90 bits per heavy atom. The van der Waals surface area contributed by atoms with Gasteiger partial charge in [0, 0.05) is 30.1 Å². The Hall–Kier alpha value is -1.63. The highest BCUT2D eigenvalue weighted by Gasteiger charge is 2.33. The Labute approximate surface area is 125 Å². The number of benzene rings is 1. The van der Waals surface area contributed by atoms with Gasteiger partial charge in [-0.25, -0.2) is 0 Å². The number of alkyl halides is 2. The molecular formula is C14H16F2N2O2S. The molecule has 1 heterocycles. The average molecular weight is 314 g/mol. The van der Waals surface area contributed by atoms with Crippen molar-refractivity contribution in [3.8, 4) is 0 Å². The van der Waals surface area contributed by atoms with E-state index in [0.29, 0.717) is 35.4 Å². The lowest BCUT2D eigenvalue weighted by Crippen LogP contribution is -2.28. The zero-order valence-corrected chi connectivity index (χ0v) is 12.3. The van der Waals surface area contributed by atoms with Gasteiger partial charge in [0.15, 0.2) is 0 Å². The molecule has 1 saturated heterocycles. The summed E-state index contributed by atoms with van der Waals surface area (Å²) in [5, 5.41) is 2.69. The van der Waals surface area contributed by atoms with Gasteiger partial charge in [0.1, 0.15) is 0 Å². The first-order valence-corrected chi connectivity index (χ1v) is 7.51. The lowest BCUT2D eigenvalue weighted by molar-refractivity contribution is -0.128. The topological polar surface area (TPSA) is 49.4 Å². The van der Waals surface area contributed by atoms with Crippen molar-refractivity contribution >= 4 is 29.3 Å². The molecule has 1 aliphatic rings. The fraction of sp³-hybridized carbons (Fsp3) is 0.429. The maximum Gasteiger partial charge on any atom is 0.288 e. The molecule has 1 atom stereocenters. The molecule has 1 fully saturated rings. The number of likely N-dealkylation sites (tertiary alicyclic amines) is 1. The summed E-state index contributed by atoms with van der Waals surface area (Å²) in [7, 11) is 0. The third-order valence-electron chi connectivity index (χ3n) is 3.29. The zero-order chi connectivity index (χ0) is 15.4. The molecular weight excluding hydrogens is 298 g/mol. The standard InChI is InChI=1S/C14H16F2N2O2S/c1-2-18-8-9(6-12(18)19)13(20)17-10-4-3-5-11(7-10)21-14(15)16/h3-5,7,9,14H,2,6,8H2,1H3,(H,17,20). The summed E-state index contributed by atoms with van der Waals surface area (Å²) in [5.41, 5.74) is 0.466. The molecule has 7 heteroatoms. The lowest BCUT2D eigenvalue weighted by Gasteiger charge is -2.14. The van der Waals surface area contributed by atoms with Crippen LogP contribution < -0.4 is 5.32 Å². The summed E-state index contributed by atoms with van der Waals surface area (Å²) in [6.45, 7) is 2.86. The number of nitrogens with one attached hydrogen (secondary N) is 1. The minimum absolute atomic E-state index is 0.0281. The number of halogens is 2. The highest BCUT2D eigenvalue weighted by molar-refractivity contribution is 7.99. The first kappa shape index (κ1) is 15.8. The number of anilines is 1. The summed E-state index contributed by atoms with van der Waals surface area (Å²) in [4.78, 5) is 25.7. The molecule has 21 heavy (non-hydrogen) atoms. The Bertz CT molecular complexity index is 539. The number of amides is 2. The van der Waals surface area contributed by atoms with Gasteiger partial charge in [-0.05, 0) is 25.1 Å². The van der Waals surface area contributed by atoms with Crippen molar-refractivity contribution in [1.29, 1.82) is 0 Å². The van der Waals surface area contributed by atoms with E-state index in [1.54, 1.807) is 23.1 Å². The van der Waals surface area contributed by atoms with Crippen molar-refractivity contribution in [2.45, 2.75) is 24.0 Å². The minimum Gasteiger partial charge on any atom is -0.342 e. The summed E-state index contributed by atoms with van der Waals surface area (Å²) < 4.78 is 24.6. The number of hydrogen-bond donors (Lipinski definition) is 1. The lowest BCUT2D eigenvalue weighted by atomic mass is 10.1. The Morgan fingerprint density at radius 1 is 1.52 bits per heavy atom. The van der Waals surface area contributed by atoms with E-state index in [2.05, 4.69) is 5.32 Å².